The minimum atomic E-state index is -0.0894. The molecule has 0 heterocycles. The smallest absolute Gasteiger partial charge is 0.122 e. The summed E-state index contributed by atoms with van der Waals surface area (Å²) in [6, 6.07) is 14.7. The van der Waals surface area contributed by atoms with E-state index in [0.29, 0.717) is 6.42 Å². The van der Waals surface area contributed by atoms with Gasteiger partial charge in [-0.05, 0) is 35.1 Å². The fourth-order valence-corrected chi connectivity index (χ4v) is 2.05. The third-order valence-electron chi connectivity index (χ3n) is 2.88. The van der Waals surface area contributed by atoms with Gasteiger partial charge < -0.3 is 15.2 Å². The molecule has 2 aromatic rings. The Morgan fingerprint density at radius 2 is 1.74 bits per heavy atom. The van der Waals surface area contributed by atoms with E-state index in [2.05, 4.69) is 14.6 Å². The summed E-state index contributed by atoms with van der Waals surface area (Å²) >= 11 is 0. The largest absolute Gasteiger partial charge is 0.508 e. The predicted octanol–water partition coefficient (Wildman–Crippen LogP) is 2.63. The standard InChI is InChI=1S/C15H16NO2P/c17-10-9-15(11-1-5-13(18)6-2-11)16-12-3-7-14(19)8-4-12/h1-8,10,15-16,18H,9,19H2. The predicted molar refractivity (Wildman–Crippen MR) is 80.9 cm³/mol. The Kier molecular flexibility index (Phi) is 4.53. The summed E-state index contributed by atoms with van der Waals surface area (Å²) < 4.78 is 0. The summed E-state index contributed by atoms with van der Waals surface area (Å²) in [7, 11) is 2.63. The van der Waals surface area contributed by atoms with Crippen molar-refractivity contribution >= 4 is 26.5 Å². The number of benzene rings is 2. The molecule has 0 saturated heterocycles. The van der Waals surface area contributed by atoms with Crippen LogP contribution >= 0.6 is 9.24 Å². The fraction of sp³-hybridized carbons (Fsp3) is 0.133. The van der Waals surface area contributed by atoms with E-state index in [4.69, 9.17) is 0 Å². The molecule has 0 saturated carbocycles. The third kappa shape index (κ3) is 3.80. The van der Waals surface area contributed by atoms with Gasteiger partial charge in [0.2, 0.25) is 0 Å². The van der Waals surface area contributed by atoms with Crippen LogP contribution in [0.25, 0.3) is 0 Å². The van der Waals surface area contributed by atoms with Gasteiger partial charge in [-0.3, -0.25) is 0 Å². The van der Waals surface area contributed by atoms with Gasteiger partial charge in [-0.2, -0.15) is 0 Å². The highest BCUT2D eigenvalue weighted by Crippen LogP contribution is 2.23. The van der Waals surface area contributed by atoms with Crippen molar-refractivity contribution < 1.29 is 9.90 Å². The Bertz CT molecular complexity index is 537. The van der Waals surface area contributed by atoms with Crippen molar-refractivity contribution in [1.82, 2.24) is 0 Å². The van der Waals surface area contributed by atoms with E-state index in [9.17, 15) is 9.90 Å². The first-order chi connectivity index (χ1) is 9.19. The zero-order valence-corrected chi connectivity index (χ0v) is 11.6. The average molecular weight is 273 g/mol. The van der Waals surface area contributed by atoms with Gasteiger partial charge in [-0.25, -0.2) is 0 Å². The van der Waals surface area contributed by atoms with Crippen molar-refractivity contribution in [3.8, 4) is 5.75 Å². The van der Waals surface area contributed by atoms with Crippen molar-refractivity contribution in [1.29, 1.82) is 0 Å². The normalized spacial score (nSPS) is 11.8. The maximum Gasteiger partial charge on any atom is 0.122 e. The molecule has 0 bridgehead atoms. The molecule has 2 atom stereocenters. The van der Waals surface area contributed by atoms with Crippen molar-refractivity contribution in [2.45, 2.75) is 12.5 Å². The van der Waals surface area contributed by atoms with Gasteiger partial charge in [0.1, 0.15) is 12.0 Å². The molecule has 0 radical (unpaired) electrons. The molecule has 19 heavy (non-hydrogen) atoms. The van der Waals surface area contributed by atoms with Gasteiger partial charge in [0.15, 0.2) is 0 Å². The third-order valence-corrected chi connectivity index (χ3v) is 3.26. The van der Waals surface area contributed by atoms with Gasteiger partial charge in [0, 0.05) is 12.1 Å². The fourth-order valence-electron chi connectivity index (χ4n) is 1.86. The molecule has 2 rings (SSSR count). The van der Waals surface area contributed by atoms with Crippen molar-refractivity contribution in [3.63, 3.8) is 0 Å². The van der Waals surface area contributed by atoms with Gasteiger partial charge in [-0.15, -0.1) is 9.24 Å². The number of nitrogens with one attached hydrogen (secondary N) is 1. The van der Waals surface area contributed by atoms with E-state index in [1.165, 1.54) is 0 Å². The van der Waals surface area contributed by atoms with E-state index in [1.54, 1.807) is 12.1 Å². The Hall–Kier alpha value is -1.86. The lowest BCUT2D eigenvalue weighted by molar-refractivity contribution is -0.108. The van der Waals surface area contributed by atoms with Crippen LogP contribution in [0.3, 0.4) is 0 Å². The van der Waals surface area contributed by atoms with Gasteiger partial charge in [0.05, 0.1) is 6.04 Å². The quantitative estimate of drug-likeness (QED) is 0.650. The first-order valence-electron chi connectivity index (χ1n) is 6.03. The monoisotopic (exact) mass is 273 g/mol. The first-order valence-corrected chi connectivity index (χ1v) is 6.61. The highest BCUT2D eigenvalue weighted by atomic mass is 31.0. The molecular weight excluding hydrogens is 257 g/mol. The number of carbonyl (C=O) groups is 1. The first kappa shape index (κ1) is 13.6. The number of hydrogen-bond donors (Lipinski definition) is 2. The average Bonchev–Trinajstić information content (AvgIpc) is 2.42. The van der Waals surface area contributed by atoms with Crippen LogP contribution < -0.4 is 10.6 Å². The molecule has 2 unspecified atom stereocenters. The molecular formula is C15H16NO2P. The van der Waals surface area contributed by atoms with Crippen molar-refractivity contribution in [3.05, 3.63) is 54.1 Å². The van der Waals surface area contributed by atoms with Crippen LogP contribution in [0.2, 0.25) is 0 Å². The Morgan fingerprint density at radius 3 is 2.32 bits per heavy atom. The van der Waals surface area contributed by atoms with Crippen LogP contribution in [0, 0.1) is 0 Å². The van der Waals surface area contributed by atoms with Crippen LogP contribution in [0.15, 0.2) is 48.5 Å². The van der Waals surface area contributed by atoms with E-state index >= 15 is 0 Å². The van der Waals surface area contributed by atoms with Crippen molar-refractivity contribution in [2.75, 3.05) is 5.32 Å². The number of phenolic OH excluding ortho intramolecular Hbond substituents is 1. The van der Waals surface area contributed by atoms with Crippen LogP contribution in [-0.2, 0) is 4.79 Å². The zero-order valence-electron chi connectivity index (χ0n) is 10.4. The maximum atomic E-state index is 10.8. The summed E-state index contributed by atoms with van der Waals surface area (Å²) in [5.41, 5.74) is 1.94. The van der Waals surface area contributed by atoms with Crippen molar-refractivity contribution in [2.24, 2.45) is 0 Å². The molecule has 2 N–H and O–H groups in total. The lowest BCUT2D eigenvalue weighted by Gasteiger charge is -2.18. The second-order valence-electron chi connectivity index (χ2n) is 4.31. The van der Waals surface area contributed by atoms with Crippen LogP contribution in [0.4, 0.5) is 5.69 Å². The molecule has 0 aliphatic carbocycles. The highest BCUT2D eigenvalue weighted by molar-refractivity contribution is 7.27. The molecule has 3 nitrogen and oxygen atoms in total. The molecule has 0 aliphatic rings. The van der Waals surface area contributed by atoms with Crippen LogP contribution in [-0.4, -0.2) is 11.4 Å². The molecule has 0 aliphatic heterocycles. The molecule has 0 aromatic heterocycles. The summed E-state index contributed by atoms with van der Waals surface area (Å²) in [5.74, 6) is 0.223. The molecule has 98 valence electrons. The lowest BCUT2D eigenvalue weighted by atomic mass is 10.0. The van der Waals surface area contributed by atoms with E-state index < -0.39 is 0 Å². The van der Waals surface area contributed by atoms with E-state index in [0.717, 1.165) is 22.8 Å². The van der Waals surface area contributed by atoms with Crippen LogP contribution in [0.5, 0.6) is 5.75 Å². The minimum absolute atomic E-state index is 0.0894. The zero-order chi connectivity index (χ0) is 13.7. The number of rotatable bonds is 5. The maximum absolute atomic E-state index is 10.8. The molecule has 0 spiro atoms. The van der Waals surface area contributed by atoms with E-state index in [-0.39, 0.29) is 11.8 Å². The topological polar surface area (TPSA) is 49.3 Å². The molecule has 0 amide bonds. The van der Waals surface area contributed by atoms with Gasteiger partial charge in [0.25, 0.3) is 0 Å². The van der Waals surface area contributed by atoms with E-state index in [1.807, 2.05) is 36.4 Å². The molecule has 2 aromatic carbocycles. The van der Waals surface area contributed by atoms with Crippen LogP contribution in [0.1, 0.15) is 18.0 Å². The summed E-state index contributed by atoms with van der Waals surface area (Å²) in [6.07, 6.45) is 1.28. The number of aromatic hydroxyl groups is 1. The second-order valence-corrected chi connectivity index (χ2v) is 4.98. The molecule has 0 fully saturated rings. The molecule has 4 heteroatoms. The summed E-state index contributed by atoms with van der Waals surface area (Å²) in [5, 5.41) is 13.7. The Morgan fingerprint density at radius 1 is 1.11 bits per heavy atom. The second kappa shape index (κ2) is 6.35. The lowest BCUT2D eigenvalue weighted by Crippen LogP contribution is -2.11. The number of hydrogen-bond acceptors (Lipinski definition) is 3. The number of aldehydes is 1. The number of carbonyl (C=O) groups excluding carboxylic acids is 1. The van der Waals surface area contributed by atoms with Gasteiger partial charge >= 0.3 is 0 Å². The highest BCUT2D eigenvalue weighted by Gasteiger charge is 2.10. The number of phenols is 1. The minimum Gasteiger partial charge on any atom is -0.508 e. The van der Waals surface area contributed by atoms with Gasteiger partial charge in [-0.1, -0.05) is 24.3 Å². The summed E-state index contributed by atoms with van der Waals surface area (Å²) in [6.45, 7) is 0. The SMILES string of the molecule is O=CCC(Nc1ccc(P)cc1)c1ccc(O)cc1. The Balaban J connectivity index is 2.18. The number of anilines is 1. The Labute approximate surface area is 114 Å². The summed E-state index contributed by atoms with van der Waals surface area (Å²) in [4.78, 5) is 10.8.